The molecule has 2 heterocycles. The number of nitrogens with one attached hydrogen (secondary N) is 1. The molecular weight excluding hydrogens is 305 g/mol. The van der Waals surface area contributed by atoms with Gasteiger partial charge < -0.3 is 9.88 Å². The molecule has 1 amide bonds. The molecule has 1 fully saturated rings. The van der Waals surface area contributed by atoms with Crippen molar-refractivity contribution in [3.8, 4) is 0 Å². The molecule has 0 spiro atoms. The Morgan fingerprint density at radius 2 is 1.91 bits per heavy atom. The van der Waals surface area contributed by atoms with Crippen LogP contribution in [0, 0.1) is 5.82 Å². The minimum Gasteiger partial charge on any atom is -0.348 e. The second kappa shape index (κ2) is 5.58. The minimum absolute atomic E-state index is 0.0148. The highest BCUT2D eigenvalue weighted by atomic mass is 19.3. The molecule has 0 radical (unpaired) electrons. The Morgan fingerprint density at radius 3 is 2.52 bits per heavy atom. The van der Waals surface area contributed by atoms with Gasteiger partial charge in [-0.05, 0) is 17.5 Å². The Balaban J connectivity index is 1.89. The van der Waals surface area contributed by atoms with Crippen molar-refractivity contribution in [3.63, 3.8) is 0 Å². The molecule has 0 aliphatic carbocycles. The number of aromatic amines is 1. The van der Waals surface area contributed by atoms with E-state index in [0.717, 1.165) is 0 Å². The number of piperidine rings is 1. The first-order valence-corrected chi connectivity index (χ1v) is 7.77. The third kappa shape index (κ3) is 2.94. The number of halogens is 3. The van der Waals surface area contributed by atoms with Crippen LogP contribution in [0.15, 0.2) is 18.2 Å². The highest BCUT2D eigenvalue weighted by Crippen LogP contribution is 2.30. The maximum atomic E-state index is 14.5. The van der Waals surface area contributed by atoms with Gasteiger partial charge in [-0.25, -0.2) is 13.2 Å². The number of hydrogen-bond acceptors (Lipinski definition) is 1. The monoisotopic (exact) mass is 324 g/mol. The van der Waals surface area contributed by atoms with Crippen LogP contribution in [0.4, 0.5) is 13.2 Å². The second-order valence-corrected chi connectivity index (χ2v) is 6.42. The lowest BCUT2D eigenvalue weighted by atomic mass is 10.0. The summed E-state index contributed by atoms with van der Waals surface area (Å²) in [5, 5.41) is 0.609. The Labute approximate surface area is 132 Å². The van der Waals surface area contributed by atoms with Gasteiger partial charge in [0.2, 0.25) is 0 Å². The van der Waals surface area contributed by atoms with E-state index in [0.29, 0.717) is 16.5 Å². The largest absolute Gasteiger partial charge is 0.348 e. The van der Waals surface area contributed by atoms with Crippen molar-refractivity contribution in [1.82, 2.24) is 9.88 Å². The normalized spacial score (nSPS) is 17.9. The molecule has 1 aromatic heterocycles. The van der Waals surface area contributed by atoms with Gasteiger partial charge in [-0.15, -0.1) is 0 Å². The predicted octanol–water partition coefficient (Wildman–Crippen LogP) is 4.30. The fourth-order valence-electron chi connectivity index (χ4n) is 2.95. The Hall–Kier alpha value is -1.98. The van der Waals surface area contributed by atoms with Crippen molar-refractivity contribution >= 4 is 16.8 Å². The standard InChI is InChI=1S/C17H19F3N2O/c1-10(2)12-4-3-11-9-13(21-15(11)14(12)18)16(23)22-7-5-17(19,20)6-8-22/h3-4,9-10,21H,5-8H2,1-2H3. The van der Waals surface area contributed by atoms with E-state index in [2.05, 4.69) is 4.98 Å². The number of aromatic nitrogens is 1. The van der Waals surface area contributed by atoms with Crippen LogP contribution in [0.3, 0.4) is 0 Å². The van der Waals surface area contributed by atoms with E-state index < -0.39 is 5.92 Å². The first-order valence-electron chi connectivity index (χ1n) is 7.77. The molecule has 0 saturated carbocycles. The van der Waals surface area contributed by atoms with Crippen LogP contribution in [0.25, 0.3) is 10.9 Å². The summed E-state index contributed by atoms with van der Waals surface area (Å²) in [6, 6.07) is 5.06. The molecule has 1 aliphatic rings. The molecule has 1 aromatic carbocycles. The highest BCUT2D eigenvalue weighted by Gasteiger charge is 2.36. The number of H-pyrrole nitrogens is 1. The van der Waals surface area contributed by atoms with Crippen molar-refractivity contribution in [2.45, 2.75) is 38.5 Å². The smallest absolute Gasteiger partial charge is 0.270 e. The Morgan fingerprint density at radius 1 is 1.26 bits per heavy atom. The zero-order valence-corrected chi connectivity index (χ0v) is 13.1. The van der Waals surface area contributed by atoms with E-state index in [-0.39, 0.29) is 49.3 Å². The highest BCUT2D eigenvalue weighted by molar-refractivity contribution is 5.98. The van der Waals surface area contributed by atoms with Gasteiger partial charge in [0.05, 0.1) is 5.52 Å². The summed E-state index contributed by atoms with van der Waals surface area (Å²) < 4.78 is 40.9. The van der Waals surface area contributed by atoms with Gasteiger partial charge in [0.25, 0.3) is 11.8 Å². The van der Waals surface area contributed by atoms with Crippen LogP contribution in [0.2, 0.25) is 0 Å². The van der Waals surface area contributed by atoms with Gasteiger partial charge in [0.1, 0.15) is 5.69 Å². The zero-order valence-electron chi connectivity index (χ0n) is 13.1. The number of rotatable bonds is 2. The number of hydrogen-bond donors (Lipinski definition) is 1. The molecule has 1 aliphatic heterocycles. The molecule has 124 valence electrons. The summed E-state index contributed by atoms with van der Waals surface area (Å²) in [5.74, 6) is -3.38. The van der Waals surface area contributed by atoms with Crippen molar-refractivity contribution in [1.29, 1.82) is 0 Å². The van der Waals surface area contributed by atoms with Crippen LogP contribution >= 0.6 is 0 Å². The third-order valence-electron chi connectivity index (χ3n) is 4.40. The fraction of sp³-hybridized carbons (Fsp3) is 0.471. The van der Waals surface area contributed by atoms with E-state index in [9.17, 15) is 18.0 Å². The average Bonchev–Trinajstić information content (AvgIpc) is 2.91. The van der Waals surface area contributed by atoms with E-state index in [1.165, 1.54) is 4.90 Å². The number of nitrogens with zero attached hydrogens (tertiary/aromatic N) is 1. The molecule has 3 nitrogen and oxygen atoms in total. The number of amides is 1. The van der Waals surface area contributed by atoms with Gasteiger partial charge in [-0.1, -0.05) is 26.0 Å². The summed E-state index contributed by atoms with van der Waals surface area (Å²) in [6.45, 7) is 3.82. The molecule has 23 heavy (non-hydrogen) atoms. The molecular formula is C17H19F3N2O. The minimum atomic E-state index is -2.70. The molecule has 3 rings (SSSR count). The summed E-state index contributed by atoms with van der Waals surface area (Å²) in [6.07, 6.45) is -0.657. The van der Waals surface area contributed by atoms with E-state index in [4.69, 9.17) is 0 Å². The molecule has 1 N–H and O–H groups in total. The maximum Gasteiger partial charge on any atom is 0.270 e. The summed E-state index contributed by atoms with van der Waals surface area (Å²) in [7, 11) is 0. The van der Waals surface area contributed by atoms with Crippen molar-refractivity contribution in [3.05, 3.63) is 35.3 Å². The Kier molecular flexibility index (Phi) is 3.86. The lowest BCUT2D eigenvalue weighted by Crippen LogP contribution is -2.42. The van der Waals surface area contributed by atoms with Gasteiger partial charge in [0, 0.05) is 31.3 Å². The number of likely N-dealkylation sites (tertiary alicyclic amines) is 1. The fourth-order valence-corrected chi connectivity index (χ4v) is 2.95. The number of carbonyl (C=O) groups excluding carboxylic acids is 1. The molecule has 6 heteroatoms. The number of fused-ring (bicyclic) bond motifs is 1. The van der Waals surface area contributed by atoms with Gasteiger partial charge in [0.15, 0.2) is 5.82 Å². The lowest BCUT2D eigenvalue weighted by molar-refractivity contribution is -0.0495. The van der Waals surface area contributed by atoms with Crippen LogP contribution in [0.5, 0.6) is 0 Å². The summed E-state index contributed by atoms with van der Waals surface area (Å²) >= 11 is 0. The quantitative estimate of drug-likeness (QED) is 0.878. The lowest BCUT2D eigenvalue weighted by Gasteiger charge is -2.31. The molecule has 0 unspecified atom stereocenters. The molecule has 1 saturated heterocycles. The van der Waals surface area contributed by atoms with Gasteiger partial charge in [-0.3, -0.25) is 4.79 Å². The number of carbonyl (C=O) groups is 1. The van der Waals surface area contributed by atoms with Crippen LogP contribution < -0.4 is 0 Å². The molecule has 2 aromatic rings. The molecule has 0 atom stereocenters. The van der Waals surface area contributed by atoms with E-state index >= 15 is 0 Å². The van der Waals surface area contributed by atoms with E-state index in [1.807, 2.05) is 13.8 Å². The third-order valence-corrected chi connectivity index (χ3v) is 4.40. The average molecular weight is 324 g/mol. The van der Waals surface area contributed by atoms with Gasteiger partial charge >= 0.3 is 0 Å². The maximum absolute atomic E-state index is 14.5. The first kappa shape index (κ1) is 15.9. The van der Waals surface area contributed by atoms with Crippen LogP contribution in [-0.2, 0) is 0 Å². The van der Waals surface area contributed by atoms with Crippen molar-refractivity contribution in [2.75, 3.05) is 13.1 Å². The van der Waals surface area contributed by atoms with Gasteiger partial charge in [-0.2, -0.15) is 0 Å². The van der Waals surface area contributed by atoms with E-state index in [1.54, 1.807) is 18.2 Å². The molecule has 0 bridgehead atoms. The van der Waals surface area contributed by atoms with Crippen LogP contribution in [0.1, 0.15) is 48.7 Å². The van der Waals surface area contributed by atoms with Crippen molar-refractivity contribution in [2.24, 2.45) is 0 Å². The Bertz CT molecular complexity index is 742. The summed E-state index contributed by atoms with van der Waals surface area (Å²) in [4.78, 5) is 16.7. The van der Waals surface area contributed by atoms with Crippen molar-refractivity contribution < 1.29 is 18.0 Å². The predicted molar refractivity (Wildman–Crippen MR) is 82.4 cm³/mol. The summed E-state index contributed by atoms with van der Waals surface area (Å²) in [5.41, 5.74) is 1.11. The number of alkyl halides is 2. The number of benzene rings is 1. The zero-order chi connectivity index (χ0) is 16.8. The van der Waals surface area contributed by atoms with Crippen LogP contribution in [-0.4, -0.2) is 34.8 Å². The second-order valence-electron chi connectivity index (χ2n) is 6.42. The first-order chi connectivity index (χ1) is 10.8. The topological polar surface area (TPSA) is 36.1 Å². The SMILES string of the molecule is CC(C)c1ccc2cc(C(=O)N3CCC(F)(F)CC3)[nH]c2c1F.